The Balaban J connectivity index is 2.80. The van der Waals surface area contributed by atoms with Crippen LogP contribution in [0.2, 0.25) is 0 Å². The van der Waals surface area contributed by atoms with Gasteiger partial charge in [-0.05, 0) is 29.0 Å². The molecule has 17 heavy (non-hydrogen) atoms. The number of rotatable bonds is 4. The Kier molecular flexibility index (Phi) is 4.29. The lowest BCUT2D eigenvalue weighted by molar-refractivity contribution is -0.117. The predicted octanol–water partition coefficient (Wildman–Crippen LogP) is 1.87. The number of nitrogens with two attached hydrogens (primary N) is 1. The van der Waals surface area contributed by atoms with Crippen LogP contribution in [0.4, 0.5) is 0 Å². The molecule has 0 aliphatic carbocycles. The maximum atomic E-state index is 10.7. The smallest absolute Gasteiger partial charge is 0.231 e. The Morgan fingerprint density at radius 1 is 1.35 bits per heavy atom. The van der Waals surface area contributed by atoms with Crippen molar-refractivity contribution in [2.24, 2.45) is 5.73 Å². The molecule has 0 radical (unpaired) electrons. The summed E-state index contributed by atoms with van der Waals surface area (Å²) in [5, 5.41) is 3.05. The molecule has 0 fully saturated rings. The van der Waals surface area contributed by atoms with E-state index < -0.39 is 0 Å². The van der Waals surface area contributed by atoms with Gasteiger partial charge < -0.3 is 11.1 Å². The third kappa shape index (κ3) is 4.19. The highest BCUT2D eigenvalue weighted by molar-refractivity contribution is 5.75. The second-order valence-electron chi connectivity index (χ2n) is 5.46. The van der Waals surface area contributed by atoms with Crippen molar-refractivity contribution in [3.05, 3.63) is 34.9 Å². The molecular formula is C14H22N2O. The van der Waals surface area contributed by atoms with Crippen LogP contribution in [0.1, 0.15) is 37.5 Å². The molecule has 0 aliphatic rings. The summed E-state index contributed by atoms with van der Waals surface area (Å²) in [6.07, 6.45) is 0. The van der Waals surface area contributed by atoms with Gasteiger partial charge in [-0.3, -0.25) is 4.79 Å². The number of nitrogens with one attached hydrogen (secondary N) is 1. The first-order chi connectivity index (χ1) is 7.80. The zero-order valence-electron chi connectivity index (χ0n) is 11.1. The molecule has 94 valence electrons. The van der Waals surface area contributed by atoms with Gasteiger partial charge in [0.2, 0.25) is 5.91 Å². The van der Waals surface area contributed by atoms with E-state index in [-0.39, 0.29) is 17.9 Å². The first-order valence-electron chi connectivity index (χ1n) is 5.90. The lowest BCUT2D eigenvalue weighted by atomic mass is 9.85. The zero-order valence-corrected chi connectivity index (χ0v) is 11.1. The average molecular weight is 234 g/mol. The fourth-order valence-corrected chi connectivity index (χ4v) is 1.65. The van der Waals surface area contributed by atoms with Gasteiger partial charge in [0, 0.05) is 6.54 Å². The number of benzene rings is 1. The van der Waals surface area contributed by atoms with Crippen molar-refractivity contribution in [1.29, 1.82) is 0 Å². The van der Waals surface area contributed by atoms with Crippen LogP contribution in [0.5, 0.6) is 0 Å². The number of primary amides is 1. The first kappa shape index (κ1) is 13.7. The van der Waals surface area contributed by atoms with Crippen LogP contribution in [-0.4, -0.2) is 12.5 Å². The molecule has 0 saturated carbocycles. The van der Waals surface area contributed by atoms with Gasteiger partial charge >= 0.3 is 0 Å². The highest BCUT2D eigenvalue weighted by Crippen LogP contribution is 2.24. The summed E-state index contributed by atoms with van der Waals surface area (Å²) in [5.41, 5.74) is 8.99. The fourth-order valence-electron chi connectivity index (χ4n) is 1.65. The van der Waals surface area contributed by atoms with Gasteiger partial charge in [-0.2, -0.15) is 0 Å². The molecule has 0 aromatic heterocycles. The number of hydrogen-bond donors (Lipinski definition) is 2. The van der Waals surface area contributed by atoms with Gasteiger partial charge in [-0.25, -0.2) is 0 Å². The van der Waals surface area contributed by atoms with Crippen LogP contribution in [-0.2, 0) is 16.8 Å². The molecule has 0 heterocycles. The quantitative estimate of drug-likeness (QED) is 0.835. The molecule has 3 N–H and O–H groups in total. The Morgan fingerprint density at radius 2 is 2.00 bits per heavy atom. The van der Waals surface area contributed by atoms with E-state index in [1.54, 1.807) is 0 Å². The van der Waals surface area contributed by atoms with Gasteiger partial charge in [0.05, 0.1) is 6.54 Å². The highest BCUT2D eigenvalue weighted by Gasteiger charge is 2.14. The van der Waals surface area contributed by atoms with Crippen molar-refractivity contribution in [3.8, 4) is 0 Å². The Hall–Kier alpha value is -1.35. The van der Waals surface area contributed by atoms with E-state index in [1.807, 2.05) is 0 Å². The van der Waals surface area contributed by atoms with Gasteiger partial charge in [0.1, 0.15) is 0 Å². The number of hydrogen-bond acceptors (Lipinski definition) is 2. The minimum atomic E-state index is -0.324. The van der Waals surface area contributed by atoms with E-state index in [4.69, 9.17) is 5.73 Å². The zero-order chi connectivity index (χ0) is 13.1. The minimum Gasteiger partial charge on any atom is -0.369 e. The third-order valence-electron chi connectivity index (χ3n) is 2.83. The van der Waals surface area contributed by atoms with Crippen molar-refractivity contribution >= 4 is 5.91 Å². The fraction of sp³-hybridized carbons (Fsp3) is 0.500. The average Bonchev–Trinajstić information content (AvgIpc) is 2.18. The van der Waals surface area contributed by atoms with E-state index >= 15 is 0 Å². The number of amides is 1. The van der Waals surface area contributed by atoms with Crippen molar-refractivity contribution in [1.82, 2.24) is 5.32 Å². The minimum absolute atomic E-state index is 0.145. The van der Waals surface area contributed by atoms with Crippen molar-refractivity contribution in [2.45, 2.75) is 39.7 Å². The standard InChI is InChI=1S/C14H22N2O/c1-10-5-6-12(14(2,3)4)7-11(10)8-16-9-13(15)17/h5-7,16H,8-9H2,1-4H3,(H2,15,17). The molecule has 1 amide bonds. The van der Waals surface area contributed by atoms with Gasteiger partial charge in [0.25, 0.3) is 0 Å². The van der Waals surface area contributed by atoms with Crippen molar-refractivity contribution in [3.63, 3.8) is 0 Å². The first-order valence-corrected chi connectivity index (χ1v) is 5.90. The molecule has 0 aliphatic heterocycles. The van der Waals surface area contributed by atoms with Crippen LogP contribution >= 0.6 is 0 Å². The third-order valence-corrected chi connectivity index (χ3v) is 2.83. The van der Waals surface area contributed by atoms with Gasteiger partial charge in [0.15, 0.2) is 0 Å². The van der Waals surface area contributed by atoms with Crippen LogP contribution < -0.4 is 11.1 Å². The Bertz CT molecular complexity index is 405. The summed E-state index contributed by atoms with van der Waals surface area (Å²) in [7, 11) is 0. The van der Waals surface area contributed by atoms with E-state index in [0.717, 1.165) is 0 Å². The maximum Gasteiger partial charge on any atom is 0.231 e. The van der Waals surface area contributed by atoms with Crippen LogP contribution in [0, 0.1) is 6.92 Å². The maximum absolute atomic E-state index is 10.7. The molecule has 0 unspecified atom stereocenters. The van der Waals surface area contributed by atoms with Gasteiger partial charge in [-0.1, -0.05) is 39.0 Å². The molecular weight excluding hydrogens is 212 g/mol. The molecule has 1 aromatic carbocycles. The van der Waals surface area contributed by atoms with Crippen molar-refractivity contribution < 1.29 is 4.79 Å². The largest absolute Gasteiger partial charge is 0.369 e. The van der Waals surface area contributed by atoms with Crippen LogP contribution in [0.3, 0.4) is 0 Å². The molecule has 0 saturated heterocycles. The second kappa shape index (κ2) is 5.32. The van der Waals surface area contributed by atoms with E-state index in [9.17, 15) is 4.79 Å². The summed E-state index contributed by atoms with van der Waals surface area (Å²) < 4.78 is 0. The second-order valence-corrected chi connectivity index (χ2v) is 5.46. The monoisotopic (exact) mass is 234 g/mol. The molecule has 3 nitrogen and oxygen atoms in total. The normalized spacial score (nSPS) is 11.5. The Morgan fingerprint density at radius 3 is 2.53 bits per heavy atom. The molecule has 0 bridgehead atoms. The van der Waals surface area contributed by atoms with Crippen LogP contribution in [0.15, 0.2) is 18.2 Å². The van der Waals surface area contributed by atoms with E-state index in [0.29, 0.717) is 6.54 Å². The molecule has 1 rings (SSSR count). The summed E-state index contributed by atoms with van der Waals surface area (Å²) >= 11 is 0. The number of aryl methyl sites for hydroxylation is 1. The molecule has 1 aromatic rings. The van der Waals surface area contributed by atoms with Crippen LogP contribution in [0.25, 0.3) is 0 Å². The lowest BCUT2D eigenvalue weighted by Crippen LogP contribution is -2.28. The lowest BCUT2D eigenvalue weighted by Gasteiger charge is -2.21. The SMILES string of the molecule is Cc1ccc(C(C)(C)C)cc1CNCC(N)=O. The summed E-state index contributed by atoms with van der Waals surface area (Å²) in [6, 6.07) is 6.48. The van der Waals surface area contributed by atoms with E-state index in [1.165, 1.54) is 16.7 Å². The van der Waals surface area contributed by atoms with Gasteiger partial charge in [-0.15, -0.1) is 0 Å². The Labute approximate surface area is 103 Å². The summed E-state index contributed by atoms with van der Waals surface area (Å²) in [6.45, 7) is 9.56. The molecule has 3 heteroatoms. The number of carbonyl (C=O) groups excluding carboxylic acids is 1. The molecule has 0 atom stereocenters. The van der Waals surface area contributed by atoms with Crippen molar-refractivity contribution in [2.75, 3.05) is 6.54 Å². The summed E-state index contributed by atoms with van der Waals surface area (Å²) in [5.74, 6) is -0.324. The van der Waals surface area contributed by atoms with E-state index in [2.05, 4.69) is 51.2 Å². The highest BCUT2D eigenvalue weighted by atomic mass is 16.1. The predicted molar refractivity (Wildman–Crippen MR) is 70.8 cm³/mol. The summed E-state index contributed by atoms with van der Waals surface area (Å²) in [4.78, 5) is 10.7. The topological polar surface area (TPSA) is 55.1 Å². The molecule has 0 spiro atoms. The number of carbonyl (C=O) groups is 1.